The van der Waals surface area contributed by atoms with Crippen LogP contribution in [0.3, 0.4) is 0 Å². The number of nitrogens with zero attached hydrogens (tertiary/aromatic N) is 2. The quantitative estimate of drug-likeness (QED) is 0.379. The molecule has 136 valence electrons. The Balaban J connectivity index is 0.00000312. The molecule has 0 fully saturated rings. The van der Waals surface area contributed by atoms with Crippen molar-refractivity contribution < 1.29 is 9.13 Å². The summed E-state index contributed by atoms with van der Waals surface area (Å²) in [6, 6.07) is 10.3. The average Bonchev–Trinajstić information content (AvgIpc) is 2.61. The van der Waals surface area contributed by atoms with Gasteiger partial charge in [0.25, 0.3) is 0 Å². The highest BCUT2D eigenvalue weighted by Gasteiger charge is 2.01. The van der Waals surface area contributed by atoms with Crippen LogP contribution in [0.25, 0.3) is 0 Å². The molecule has 2 rings (SSSR count). The van der Waals surface area contributed by atoms with E-state index in [0.29, 0.717) is 31.5 Å². The molecule has 0 amide bonds. The molecule has 1 aromatic carbocycles. The van der Waals surface area contributed by atoms with Crippen molar-refractivity contribution in [2.45, 2.75) is 26.4 Å². The van der Waals surface area contributed by atoms with E-state index >= 15 is 0 Å². The maximum absolute atomic E-state index is 13.2. The largest absolute Gasteiger partial charge is 0.478 e. The minimum Gasteiger partial charge on any atom is -0.478 e. The summed E-state index contributed by atoms with van der Waals surface area (Å²) in [5, 5.41) is 6.35. The Labute approximate surface area is 165 Å². The van der Waals surface area contributed by atoms with E-state index in [9.17, 15) is 4.39 Å². The molecule has 1 aromatic heterocycles. The lowest BCUT2D eigenvalue weighted by Gasteiger charge is -2.12. The summed E-state index contributed by atoms with van der Waals surface area (Å²) in [4.78, 5) is 8.41. The number of aromatic nitrogens is 1. The predicted octanol–water partition coefficient (Wildman–Crippen LogP) is 3.49. The van der Waals surface area contributed by atoms with E-state index in [0.717, 1.165) is 17.5 Å². The zero-order valence-corrected chi connectivity index (χ0v) is 16.8. The number of aliphatic imine (C=N–C) groups is 1. The van der Waals surface area contributed by atoms with Crippen LogP contribution in [-0.4, -0.2) is 24.6 Å². The molecule has 25 heavy (non-hydrogen) atoms. The fourth-order valence-electron chi connectivity index (χ4n) is 2.05. The van der Waals surface area contributed by atoms with Gasteiger partial charge < -0.3 is 15.4 Å². The van der Waals surface area contributed by atoms with Crippen LogP contribution in [-0.2, 0) is 13.1 Å². The van der Waals surface area contributed by atoms with Gasteiger partial charge in [0.05, 0.1) is 6.61 Å². The molecule has 0 saturated heterocycles. The first kappa shape index (κ1) is 21.1. The van der Waals surface area contributed by atoms with E-state index < -0.39 is 0 Å². The Kier molecular flexibility index (Phi) is 9.83. The fourth-order valence-corrected chi connectivity index (χ4v) is 2.05. The molecular weight excluding hydrogens is 434 g/mol. The molecule has 7 heteroatoms. The zero-order chi connectivity index (χ0) is 17.2. The molecule has 0 spiro atoms. The van der Waals surface area contributed by atoms with Crippen LogP contribution in [0.15, 0.2) is 47.6 Å². The van der Waals surface area contributed by atoms with Gasteiger partial charge in [-0.2, -0.15) is 0 Å². The summed E-state index contributed by atoms with van der Waals surface area (Å²) >= 11 is 0. The second-order valence-electron chi connectivity index (χ2n) is 5.26. The van der Waals surface area contributed by atoms with Crippen LogP contribution in [0, 0.1) is 5.82 Å². The van der Waals surface area contributed by atoms with Crippen LogP contribution in [0.2, 0.25) is 0 Å². The lowest BCUT2D eigenvalue weighted by Crippen LogP contribution is -2.36. The second-order valence-corrected chi connectivity index (χ2v) is 5.26. The first-order valence-electron chi connectivity index (χ1n) is 7.98. The van der Waals surface area contributed by atoms with Gasteiger partial charge in [-0.3, -0.25) is 4.99 Å². The van der Waals surface area contributed by atoms with Crippen LogP contribution in [0.1, 0.15) is 24.5 Å². The van der Waals surface area contributed by atoms with Gasteiger partial charge in [-0.25, -0.2) is 9.37 Å². The topological polar surface area (TPSA) is 58.5 Å². The molecule has 0 aliphatic rings. The first-order valence-corrected chi connectivity index (χ1v) is 7.98. The molecule has 0 aliphatic carbocycles. The van der Waals surface area contributed by atoms with Crippen molar-refractivity contribution in [1.82, 2.24) is 15.6 Å². The highest BCUT2D eigenvalue weighted by molar-refractivity contribution is 14.0. The van der Waals surface area contributed by atoms with Gasteiger partial charge in [0.1, 0.15) is 5.82 Å². The Morgan fingerprint density at radius 1 is 1.16 bits per heavy atom. The minimum absolute atomic E-state index is 0. The molecule has 0 bridgehead atoms. The van der Waals surface area contributed by atoms with E-state index in [1.807, 2.05) is 18.2 Å². The van der Waals surface area contributed by atoms with Crippen LogP contribution < -0.4 is 15.4 Å². The van der Waals surface area contributed by atoms with Crippen molar-refractivity contribution in [3.8, 4) is 5.88 Å². The van der Waals surface area contributed by atoms with Crippen LogP contribution in [0.4, 0.5) is 4.39 Å². The summed E-state index contributed by atoms with van der Waals surface area (Å²) in [5.74, 6) is 1.04. The highest BCUT2D eigenvalue weighted by atomic mass is 127. The smallest absolute Gasteiger partial charge is 0.213 e. The number of hydrogen-bond acceptors (Lipinski definition) is 3. The normalized spacial score (nSPS) is 10.8. The van der Waals surface area contributed by atoms with E-state index in [4.69, 9.17) is 4.74 Å². The third-order valence-corrected chi connectivity index (χ3v) is 3.28. The lowest BCUT2D eigenvalue weighted by atomic mass is 10.2. The molecule has 0 aliphatic heterocycles. The zero-order valence-electron chi connectivity index (χ0n) is 14.5. The Hall–Kier alpha value is -1.90. The minimum atomic E-state index is -0.242. The number of guanidine groups is 1. The monoisotopic (exact) mass is 458 g/mol. The maximum Gasteiger partial charge on any atom is 0.213 e. The fraction of sp³-hybridized carbons (Fsp3) is 0.333. The number of halogens is 2. The van der Waals surface area contributed by atoms with Crippen LogP contribution >= 0.6 is 24.0 Å². The van der Waals surface area contributed by atoms with Gasteiger partial charge in [-0.15, -0.1) is 24.0 Å². The van der Waals surface area contributed by atoms with Gasteiger partial charge in [0.2, 0.25) is 5.88 Å². The van der Waals surface area contributed by atoms with Crippen molar-refractivity contribution in [1.29, 1.82) is 0 Å². The van der Waals surface area contributed by atoms with Crippen molar-refractivity contribution in [3.05, 3.63) is 59.5 Å². The van der Waals surface area contributed by atoms with Gasteiger partial charge in [0.15, 0.2) is 5.96 Å². The van der Waals surface area contributed by atoms with Crippen molar-refractivity contribution in [2.24, 2.45) is 4.99 Å². The molecule has 5 nitrogen and oxygen atoms in total. The molecule has 1 heterocycles. The van der Waals surface area contributed by atoms with E-state index in [-0.39, 0.29) is 29.8 Å². The molecule has 0 unspecified atom stereocenters. The van der Waals surface area contributed by atoms with E-state index in [1.54, 1.807) is 19.3 Å². The molecule has 0 atom stereocenters. The van der Waals surface area contributed by atoms with Gasteiger partial charge in [-0.1, -0.05) is 25.1 Å². The molecular formula is C18H24FIN4O. The summed E-state index contributed by atoms with van der Waals surface area (Å²) in [6.45, 7) is 3.81. The number of rotatable bonds is 7. The summed E-state index contributed by atoms with van der Waals surface area (Å²) < 4.78 is 18.6. The Morgan fingerprint density at radius 2 is 1.92 bits per heavy atom. The van der Waals surface area contributed by atoms with Crippen molar-refractivity contribution in [3.63, 3.8) is 0 Å². The second kappa shape index (κ2) is 11.6. The van der Waals surface area contributed by atoms with Crippen molar-refractivity contribution in [2.75, 3.05) is 13.7 Å². The first-order chi connectivity index (χ1) is 11.7. The van der Waals surface area contributed by atoms with Gasteiger partial charge in [-0.05, 0) is 29.7 Å². The SMILES string of the molecule is CCCOc1ccc(CNC(=NC)NCc2cccc(F)c2)cn1.I. The summed E-state index contributed by atoms with van der Waals surface area (Å²) in [7, 11) is 1.70. The summed E-state index contributed by atoms with van der Waals surface area (Å²) in [6.07, 6.45) is 2.73. The number of hydrogen-bond donors (Lipinski definition) is 2. The Bertz CT molecular complexity index is 664. The van der Waals surface area contributed by atoms with Gasteiger partial charge >= 0.3 is 0 Å². The Morgan fingerprint density at radius 3 is 2.52 bits per heavy atom. The third-order valence-electron chi connectivity index (χ3n) is 3.28. The van der Waals surface area contributed by atoms with Crippen molar-refractivity contribution >= 4 is 29.9 Å². The van der Waals surface area contributed by atoms with E-state index in [2.05, 4.69) is 27.5 Å². The third kappa shape index (κ3) is 7.68. The lowest BCUT2D eigenvalue weighted by molar-refractivity contribution is 0.305. The predicted molar refractivity (Wildman–Crippen MR) is 109 cm³/mol. The number of ether oxygens (including phenoxy) is 1. The summed E-state index contributed by atoms with van der Waals surface area (Å²) in [5.41, 5.74) is 1.88. The number of benzene rings is 1. The highest BCUT2D eigenvalue weighted by Crippen LogP contribution is 2.08. The molecule has 2 aromatic rings. The number of pyridine rings is 1. The standard InChI is InChI=1S/C18H23FN4O.HI/c1-3-9-24-17-8-7-15(12-21-17)13-23-18(20-2)22-11-14-5-4-6-16(19)10-14;/h4-8,10,12H,3,9,11,13H2,1-2H3,(H2,20,22,23);1H. The maximum atomic E-state index is 13.2. The molecule has 2 N–H and O–H groups in total. The number of nitrogens with one attached hydrogen (secondary N) is 2. The molecule has 0 radical (unpaired) electrons. The van der Waals surface area contributed by atoms with E-state index in [1.165, 1.54) is 12.1 Å². The van der Waals surface area contributed by atoms with Crippen LogP contribution in [0.5, 0.6) is 5.88 Å². The average molecular weight is 458 g/mol. The van der Waals surface area contributed by atoms with Gasteiger partial charge in [0, 0.05) is 32.4 Å². The molecule has 0 saturated carbocycles.